The van der Waals surface area contributed by atoms with Crippen LogP contribution in [0.2, 0.25) is 0 Å². The predicted molar refractivity (Wildman–Crippen MR) is 133 cm³/mol. The van der Waals surface area contributed by atoms with Gasteiger partial charge < -0.3 is 4.90 Å². The summed E-state index contributed by atoms with van der Waals surface area (Å²) in [4.78, 5) is 2.07. The third kappa shape index (κ3) is 5.63. The van der Waals surface area contributed by atoms with Crippen molar-refractivity contribution in [2.24, 2.45) is 5.92 Å². The molecule has 0 saturated carbocycles. The number of piperidine rings is 1. The standard InChI is InChI=1S/C25H33FN2O4S2/c1-19-8-11-25(21-6-4-3-5-7-21)34(31,32)28(19)17-22-9-10-23(16-24(22)26)27-14-12-20(13-15-27)18-33(2,29)30/h3-7,9-10,16,19-20,25H,8,11-15,17-18H2,1-2H3. The molecule has 2 heterocycles. The molecule has 9 heteroatoms. The molecule has 0 aromatic heterocycles. The Labute approximate surface area is 202 Å². The second-order valence-corrected chi connectivity index (χ2v) is 14.0. The van der Waals surface area contributed by atoms with Crippen LogP contribution >= 0.6 is 0 Å². The van der Waals surface area contributed by atoms with Crippen LogP contribution in [-0.4, -0.2) is 52.3 Å². The second-order valence-electron chi connectivity index (χ2n) is 9.71. The molecular formula is C25H33FN2O4S2. The molecule has 0 bridgehead atoms. The van der Waals surface area contributed by atoms with Crippen molar-refractivity contribution in [1.82, 2.24) is 4.31 Å². The van der Waals surface area contributed by atoms with E-state index in [1.165, 1.54) is 16.6 Å². The summed E-state index contributed by atoms with van der Waals surface area (Å²) in [5.74, 6) is -0.0839. The summed E-state index contributed by atoms with van der Waals surface area (Å²) in [5.41, 5.74) is 1.88. The van der Waals surface area contributed by atoms with Gasteiger partial charge in [0.1, 0.15) is 20.9 Å². The maximum Gasteiger partial charge on any atom is 0.221 e. The molecule has 0 N–H and O–H groups in total. The lowest BCUT2D eigenvalue weighted by molar-refractivity contribution is 0.279. The Kier molecular flexibility index (Phi) is 7.36. The van der Waals surface area contributed by atoms with Crippen LogP contribution < -0.4 is 4.90 Å². The van der Waals surface area contributed by atoms with Crippen molar-refractivity contribution in [2.75, 3.05) is 30.0 Å². The summed E-state index contributed by atoms with van der Waals surface area (Å²) in [6, 6.07) is 14.0. The zero-order valence-corrected chi connectivity index (χ0v) is 21.4. The summed E-state index contributed by atoms with van der Waals surface area (Å²) in [7, 11) is -6.63. The van der Waals surface area contributed by atoms with Crippen molar-refractivity contribution in [3.8, 4) is 0 Å². The molecule has 0 aliphatic carbocycles. The zero-order valence-electron chi connectivity index (χ0n) is 19.7. The lowest BCUT2D eigenvalue weighted by atomic mass is 9.98. The first-order chi connectivity index (χ1) is 16.0. The van der Waals surface area contributed by atoms with E-state index in [-0.39, 0.29) is 24.3 Å². The highest BCUT2D eigenvalue weighted by Crippen LogP contribution is 2.38. The number of hydrogen-bond donors (Lipinski definition) is 0. The lowest BCUT2D eigenvalue weighted by Gasteiger charge is -2.37. The van der Waals surface area contributed by atoms with Crippen LogP contribution in [0, 0.1) is 11.7 Å². The molecule has 186 valence electrons. The fraction of sp³-hybridized carbons (Fsp3) is 0.520. The summed E-state index contributed by atoms with van der Waals surface area (Å²) < 4.78 is 66.6. The molecule has 2 saturated heterocycles. The molecule has 0 radical (unpaired) electrons. The first-order valence-corrected chi connectivity index (χ1v) is 15.4. The third-order valence-electron chi connectivity index (χ3n) is 7.08. The van der Waals surface area contributed by atoms with E-state index in [2.05, 4.69) is 4.90 Å². The van der Waals surface area contributed by atoms with Crippen molar-refractivity contribution in [2.45, 2.75) is 50.4 Å². The van der Waals surface area contributed by atoms with Gasteiger partial charge in [-0.3, -0.25) is 0 Å². The Morgan fingerprint density at radius 3 is 2.29 bits per heavy atom. The van der Waals surface area contributed by atoms with Gasteiger partial charge in [-0.1, -0.05) is 36.4 Å². The van der Waals surface area contributed by atoms with Gasteiger partial charge in [0, 0.05) is 43.2 Å². The van der Waals surface area contributed by atoms with Gasteiger partial charge in [0.25, 0.3) is 0 Å². The van der Waals surface area contributed by atoms with Gasteiger partial charge in [-0.15, -0.1) is 0 Å². The Morgan fingerprint density at radius 1 is 1.00 bits per heavy atom. The summed E-state index contributed by atoms with van der Waals surface area (Å²) in [5, 5.41) is -0.611. The molecular weight excluding hydrogens is 475 g/mol. The van der Waals surface area contributed by atoms with E-state index < -0.39 is 30.9 Å². The SMILES string of the molecule is CC1CCC(c2ccccc2)S(=O)(=O)N1Cc1ccc(N2CCC(CS(C)(=O)=O)CC2)cc1F. The largest absolute Gasteiger partial charge is 0.371 e. The van der Waals surface area contributed by atoms with Crippen molar-refractivity contribution in [3.05, 3.63) is 65.5 Å². The molecule has 2 atom stereocenters. The normalized spacial score (nSPS) is 24.3. The van der Waals surface area contributed by atoms with Gasteiger partial charge in [0.15, 0.2) is 0 Å². The highest BCUT2D eigenvalue weighted by atomic mass is 32.2. The van der Waals surface area contributed by atoms with E-state index in [9.17, 15) is 16.8 Å². The van der Waals surface area contributed by atoms with Gasteiger partial charge in [-0.05, 0) is 56.2 Å². The number of sulfone groups is 1. The van der Waals surface area contributed by atoms with Gasteiger partial charge in [-0.25, -0.2) is 21.2 Å². The van der Waals surface area contributed by atoms with Gasteiger partial charge in [0.2, 0.25) is 10.0 Å². The van der Waals surface area contributed by atoms with Crippen LogP contribution in [-0.2, 0) is 26.4 Å². The topological polar surface area (TPSA) is 74.8 Å². The van der Waals surface area contributed by atoms with Crippen molar-refractivity contribution >= 4 is 25.5 Å². The number of sulfonamides is 1. The Bertz CT molecular complexity index is 1210. The smallest absolute Gasteiger partial charge is 0.221 e. The summed E-state index contributed by atoms with van der Waals surface area (Å²) in [6.07, 6.45) is 4.04. The number of benzene rings is 2. The molecule has 6 nitrogen and oxygen atoms in total. The fourth-order valence-corrected chi connectivity index (χ4v) is 8.54. The van der Waals surface area contributed by atoms with E-state index in [4.69, 9.17) is 0 Å². The van der Waals surface area contributed by atoms with E-state index in [1.807, 2.05) is 43.3 Å². The van der Waals surface area contributed by atoms with Crippen molar-refractivity contribution in [1.29, 1.82) is 0 Å². The molecule has 0 spiro atoms. The van der Waals surface area contributed by atoms with E-state index >= 15 is 4.39 Å². The minimum absolute atomic E-state index is 0.00931. The first-order valence-electron chi connectivity index (χ1n) is 11.8. The molecule has 0 amide bonds. The van der Waals surface area contributed by atoms with Gasteiger partial charge >= 0.3 is 0 Å². The predicted octanol–water partition coefficient (Wildman–Crippen LogP) is 4.14. The van der Waals surface area contributed by atoms with E-state index in [0.29, 0.717) is 25.1 Å². The molecule has 4 rings (SSSR count). The van der Waals surface area contributed by atoms with E-state index in [0.717, 1.165) is 30.5 Å². The number of rotatable bonds is 6. The minimum atomic E-state index is -3.63. The highest BCUT2D eigenvalue weighted by molar-refractivity contribution is 7.90. The Hall–Kier alpha value is -1.97. The third-order valence-corrected chi connectivity index (χ3v) is 10.5. The molecule has 2 aliphatic heterocycles. The van der Waals surface area contributed by atoms with Crippen LogP contribution in [0.15, 0.2) is 48.5 Å². The van der Waals surface area contributed by atoms with Crippen LogP contribution in [0.3, 0.4) is 0 Å². The summed E-state index contributed by atoms with van der Waals surface area (Å²) >= 11 is 0. The minimum Gasteiger partial charge on any atom is -0.371 e. The van der Waals surface area contributed by atoms with Gasteiger partial charge in [-0.2, -0.15) is 4.31 Å². The van der Waals surface area contributed by atoms with Crippen LogP contribution in [0.5, 0.6) is 0 Å². The maximum absolute atomic E-state index is 15.1. The molecule has 2 unspecified atom stereocenters. The highest BCUT2D eigenvalue weighted by Gasteiger charge is 2.40. The second kappa shape index (κ2) is 9.95. The Balaban J connectivity index is 1.47. The van der Waals surface area contributed by atoms with Crippen LogP contribution in [0.4, 0.5) is 10.1 Å². The average molecular weight is 509 g/mol. The van der Waals surface area contributed by atoms with Crippen molar-refractivity contribution in [3.63, 3.8) is 0 Å². The molecule has 2 aromatic carbocycles. The molecule has 34 heavy (non-hydrogen) atoms. The summed E-state index contributed by atoms with van der Waals surface area (Å²) in [6.45, 7) is 3.24. The number of hydrogen-bond acceptors (Lipinski definition) is 5. The maximum atomic E-state index is 15.1. The molecule has 2 aliphatic rings. The molecule has 2 fully saturated rings. The van der Waals surface area contributed by atoms with E-state index in [1.54, 1.807) is 6.07 Å². The van der Waals surface area contributed by atoms with Crippen LogP contribution in [0.1, 0.15) is 49.0 Å². The molecule has 2 aromatic rings. The quantitative estimate of drug-likeness (QED) is 0.586. The lowest BCUT2D eigenvalue weighted by Crippen LogP contribution is -2.44. The number of halogens is 1. The number of anilines is 1. The van der Waals surface area contributed by atoms with Crippen molar-refractivity contribution < 1.29 is 21.2 Å². The zero-order chi connectivity index (χ0) is 24.5. The first kappa shape index (κ1) is 25.1. The Morgan fingerprint density at radius 2 is 1.68 bits per heavy atom. The van der Waals surface area contributed by atoms with Crippen LogP contribution in [0.25, 0.3) is 0 Å². The number of nitrogens with zero attached hydrogens (tertiary/aromatic N) is 2. The van der Waals surface area contributed by atoms with Gasteiger partial charge in [0.05, 0.1) is 5.75 Å². The average Bonchev–Trinajstić information content (AvgIpc) is 2.77. The monoisotopic (exact) mass is 508 g/mol. The fourth-order valence-electron chi connectivity index (χ4n) is 5.17.